The van der Waals surface area contributed by atoms with Crippen molar-refractivity contribution in [3.05, 3.63) is 35.4 Å². The van der Waals surface area contributed by atoms with E-state index in [2.05, 4.69) is 4.90 Å². The van der Waals surface area contributed by atoms with Crippen molar-refractivity contribution in [1.82, 2.24) is 9.80 Å². The first-order valence-corrected chi connectivity index (χ1v) is 11.7. The van der Waals surface area contributed by atoms with Crippen LogP contribution in [0.4, 0.5) is 13.2 Å². The third-order valence-corrected chi connectivity index (χ3v) is 7.48. The van der Waals surface area contributed by atoms with E-state index in [1.165, 1.54) is 18.9 Å². The summed E-state index contributed by atoms with van der Waals surface area (Å²) in [5.41, 5.74) is -1.77. The topological polar surface area (TPSA) is 43.8 Å². The Morgan fingerprint density at radius 2 is 1.65 bits per heavy atom. The minimum absolute atomic E-state index is 0.219. The van der Waals surface area contributed by atoms with E-state index in [1.807, 2.05) is 0 Å². The summed E-state index contributed by atoms with van der Waals surface area (Å²) in [6.45, 7) is 3.44. The number of likely N-dealkylation sites (tertiary alicyclic amines) is 2. The maximum Gasteiger partial charge on any atom is 0.416 e. The van der Waals surface area contributed by atoms with E-state index in [4.69, 9.17) is 0 Å². The van der Waals surface area contributed by atoms with Gasteiger partial charge in [-0.3, -0.25) is 4.79 Å². The molecule has 2 aliphatic heterocycles. The van der Waals surface area contributed by atoms with Crippen molar-refractivity contribution in [1.29, 1.82) is 0 Å². The van der Waals surface area contributed by atoms with Gasteiger partial charge in [-0.1, -0.05) is 37.5 Å². The maximum absolute atomic E-state index is 13.7. The van der Waals surface area contributed by atoms with Gasteiger partial charge in [-0.2, -0.15) is 13.2 Å². The van der Waals surface area contributed by atoms with Crippen LogP contribution in [0.5, 0.6) is 0 Å². The molecule has 2 saturated heterocycles. The summed E-state index contributed by atoms with van der Waals surface area (Å²) in [5, 5.41) is 11.5. The molecular weight excluding hydrogens is 405 g/mol. The second-order valence-corrected chi connectivity index (χ2v) is 9.52. The molecule has 172 valence electrons. The Labute approximate surface area is 182 Å². The van der Waals surface area contributed by atoms with Crippen LogP contribution < -0.4 is 0 Å². The maximum atomic E-state index is 13.7. The Balaban J connectivity index is 1.57. The zero-order chi connectivity index (χ0) is 22.1. The summed E-state index contributed by atoms with van der Waals surface area (Å²) in [7, 11) is 0. The predicted molar refractivity (Wildman–Crippen MR) is 113 cm³/mol. The van der Waals surface area contributed by atoms with Gasteiger partial charge in [0.2, 0.25) is 5.91 Å². The SMILES string of the molecule is O=C(C(c1cccc(C(F)(F)F)c1)C1(O)CCCCC1)N1CCC(N2CCCC2)CC1. The second kappa shape index (κ2) is 9.10. The van der Waals surface area contributed by atoms with Crippen molar-refractivity contribution in [2.75, 3.05) is 26.2 Å². The summed E-state index contributed by atoms with van der Waals surface area (Å²) in [6, 6.07) is 5.49. The average molecular weight is 439 g/mol. The number of rotatable bonds is 4. The lowest BCUT2D eigenvalue weighted by Gasteiger charge is -2.43. The average Bonchev–Trinajstić information content (AvgIpc) is 3.29. The molecule has 7 heteroatoms. The largest absolute Gasteiger partial charge is 0.416 e. The van der Waals surface area contributed by atoms with Crippen LogP contribution in [0.3, 0.4) is 0 Å². The number of hydrogen-bond acceptors (Lipinski definition) is 3. The number of amides is 1. The lowest BCUT2D eigenvalue weighted by Crippen LogP contribution is -2.52. The molecule has 3 fully saturated rings. The number of halogens is 3. The number of carbonyl (C=O) groups excluding carboxylic acids is 1. The summed E-state index contributed by atoms with van der Waals surface area (Å²) in [5.74, 6) is -1.16. The highest BCUT2D eigenvalue weighted by Gasteiger charge is 2.46. The Kier molecular flexibility index (Phi) is 6.63. The normalized spacial score (nSPS) is 24.3. The van der Waals surface area contributed by atoms with E-state index in [0.717, 1.165) is 57.3 Å². The van der Waals surface area contributed by atoms with Crippen molar-refractivity contribution in [3.63, 3.8) is 0 Å². The molecule has 31 heavy (non-hydrogen) atoms. The van der Waals surface area contributed by atoms with Crippen molar-refractivity contribution >= 4 is 5.91 Å². The summed E-state index contributed by atoms with van der Waals surface area (Å²) >= 11 is 0. The van der Waals surface area contributed by atoms with Gasteiger partial charge in [0.1, 0.15) is 0 Å². The molecule has 1 unspecified atom stereocenters. The molecule has 1 atom stereocenters. The highest BCUT2D eigenvalue weighted by Crippen LogP contribution is 2.43. The van der Waals surface area contributed by atoms with Crippen molar-refractivity contribution < 1.29 is 23.1 Å². The molecule has 0 spiro atoms. The highest BCUT2D eigenvalue weighted by molar-refractivity contribution is 5.85. The Morgan fingerprint density at radius 1 is 1.00 bits per heavy atom. The van der Waals surface area contributed by atoms with Crippen LogP contribution >= 0.6 is 0 Å². The summed E-state index contributed by atoms with van der Waals surface area (Å²) < 4.78 is 40.1. The summed E-state index contributed by atoms with van der Waals surface area (Å²) in [6.07, 6.45) is 3.20. The van der Waals surface area contributed by atoms with Crippen LogP contribution in [-0.4, -0.2) is 58.6 Å². The molecule has 1 aliphatic carbocycles. The van der Waals surface area contributed by atoms with E-state index < -0.39 is 23.3 Å². The van der Waals surface area contributed by atoms with Crippen molar-refractivity contribution in [3.8, 4) is 0 Å². The van der Waals surface area contributed by atoms with Crippen molar-refractivity contribution in [2.24, 2.45) is 0 Å². The number of benzene rings is 1. The number of nitrogens with zero attached hydrogens (tertiary/aromatic N) is 2. The van der Waals surface area contributed by atoms with E-state index in [9.17, 15) is 23.1 Å². The molecule has 1 N–H and O–H groups in total. The first-order chi connectivity index (χ1) is 14.8. The van der Waals surface area contributed by atoms with Crippen LogP contribution in [0.2, 0.25) is 0 Å². The molecule has 0 aromatic heterocycles. The van der Waals surface area contributed by atoms with E-state index >= 15 is 0 Å². The molecule has 4 rings (SSSR count). The molecule has 2 heterocycles. The van der Waals surface area contributed by atoms with Gasteiger partial charge in [0.05, 0.1) is 17.1 Å². The fraction of sp³-hybridized carbons (Fsp3) is 0.708. The Hall–Kier alpha value is -1.60. The monoisotopic (exact) mass is 438 g/mol. The minimum Gasteiger partial charge on any atom is -0.389 e. The van der Waals surface area contributed by atoms with E-state index in [1.54, 1.807) is 11.0 Å². The van der Waals surface area contributed by atoms with Gasteiger partial charge < -0.3 is 14.9 Å². The van der Waals surface area contributed by atoms with Crippen molar-refractivity contribution in [2.45, 2.75) is 81.5 Å². The summed E-state index contributed by atoms with van der Waals surface area (Å²) in [4.78, 5) is 17.9. The Bertz CT molecular complexity index is 762. The minimum atomic E-state index is -4.48. The first-order valence-electron chi connectivity index (χ1n) is 11.7. The third kappa shape index (κ3) is 4.92. The molecule has 0 radical (unpaired) electrons. The standard InChI is InChI=1S/C24H33F3N2O2/c25-24(26,27)19-8-6-7-18(17-19)21(23(31)11-2-1-3-12-23)22(30)29-15-9-20(10-16-29)28-13-4-5-14-28/h6-8,17,20-21,31H,1-5,9-16H2. The molecule has 3 aliphatic rings. The number of aliphatic hydroxyl groups is 1. The van der Waals surface area contributed by atoms with Gasteiger partial charge in [-0.05, 0) is 63.2 Å². The smallest absolute Gasteiger partial charge is 0.389 e. The van der Waals surface area contributed by atoms with Crippen LogP contribution in [0, 0.1) is 0 Å². The fourth-order valence-corrected chi connectivity index (χ4v) is 5.77. The van der Waals surface area contributed by atoms with Crippen LogP contribution in [0.15, 0.2) is 24.3 Å². The van der Waals surface area contributed by atoms with E-state index in [-0.39, 0.29) is 11.5 Å². The third-order valence-electron chi connectivity index (χ3n) is 7.48. The molecule has 4 nitrogen and oxygen atoms in total. The van der Waals surface area contributed by atoms with Crippen LogP contribution in [-0.2, 0) is 11.0 Å². The van der Waals surface area contributed by atoms with Gasteiger partial charge in [0, 0.05) is 19.1 Å². The van der Waals surface area contributed by atoms with Crippen LogP contribution in [0.25, 0.3) is 0 Å². The van der Waals surface area contributed by atoms with Crippen LogP contribution in [0.1, 0.15) is 74.8 Å². The zero-order valence-electron chi connectivity index (χ0n) is 18.0. The highest BCUT2D eigenvalue weighted by atomic mass is 19.4. The zero-order valence-corrected chi connectivity index (χ0v) is 18.0. The number of piperidine rings is 1. The second-order valence-electron chi connectivity index (χ2n) is 9.52. The first kappa shape index (κ1) is 22.6. The molecule has 1 amide bonds. The lowest BCUT2D eigenvalue weighted by molar-refractivity contribution is -0.144. The Morgan fingerprint density at radius 3 is 2.26 bits per heavy atom. The molecular formula is C24H33F3N2O2. The quantitative estimate of drug-likeness (QED) is 0.749. The predicted octanol–water partition coefficient (Wildman–Crippen LogP) is 4.57. The number of hydrogen-bond donors (Lipinski definition) is 1. The van der Waals surface area contributed by atoms with Gasteiger partial charge in [0.15, 0.2) is 0 Å². The van der Waals surface area contributed by atoms with Gasteiger partial charge >= 0.3 is 6.18 Å². The van der Waals surface area contributed by atoms with Gasteiger partial charge in [-0.15, -0.1) is 0 Å². The van der Waals surface area contributed by atoms with E-state index in [0.29, 0.717) is 32.0 Å². The van der Waals surface area contributed by atoms with Gasteiger partial charge in [-0.25, -0.2) is 0 Å². The molecule has 1 aromatic carbocycles. The fourth-order valence-electron chi connectivity index (χ4n) is 5.77. The molecule has 1 saturated carbocycles. The molecule has 0 bridgehead atoms. The molecule has 1 aromatic rings. The number of alkyl halides is 3. The van der Waals surface area contributed by atoms with Gasteiger partial charge in [0.25, 0.3) is 0 Å². The lowest BCUT2D eigenvalue weighted by atomic mass is 9.71. The number of carbonyl (C=O) groups is 1.